The Morgan fingerprint density at radius 2 is 2.06 bits per heavy atom. The van der Waals surface area contributed by atoms with Crippen LogP contribution in [0.15, 0.2) is 36.4 Å². The van der Waals surface area contributed by atoms with Crippen LogP contribution in [0.25, 0.3) is 10.9 Å². The zero-order chi connectivity index (χ0) is 11.7. The molecule has 1 N–H and O–H groups in total. The predicted molar refractivity (Wildman–Crippen MR) is 75.7 cm³/mol. The lowest BCUT2D eigenvalue weighted by atomic mass is 10.2. The van der Waals surface area contributed by atoms with Gasteiger partial charge < -0.3 is 5.32 Å². The summed E-state index contributed by atoms with van der Waals surface area (Å²) in [5.41, 5.74) is 1.06. The van der Waals surface area contributed by atoms with Gasteiger partial charge in [0.25, 0.3) is 0 Å². The number of anilines is 1. The highest BCUT2D eigenvalue weighted by atomic mass is 32.2. The Kier molecular flexibility index (Phi) is 2.71. The Hall–Kier alpha value is -1.22. The van der Waals surface area contributed by atoms with Gasteiger partial charge in [0.2, 0.25) is 0 Å². The van der Waals surface area contributed by atoms with Crippen molar-refractivity contribution in [1.82, 2.24) is 4.98 Å². The second-order valence-corrected chi connectivity index (χ2v) is 5.90. The number of para-hydroxylation sites is 1. The zero-order valence-electron chi connectivity index (χ0n) is 9.94. The van der Waals surface area contributed by atoms with Crippen molar-refractivity contribution in [3.8, 4) is 0 Å². The van der Waals surface area contributed by atoms with E-state index in [1.807, 2.05) is 23.9 Å². The number of hydrogen-bond donors (Lipinski definition) is 1. The van der Waals surface area contributed by atoms with Gasteiger partial charge in [-0.25, -0.2) is 4.98 Å². The van der Waals surface area contributed by atoms with E-state index in [9.17, 15) is 0 Å². The highest BCUT2D eigenvalue weighted by Crippen LogP contribution is 2.46. The third-order valence-corrected chi connectivity index (χ3v) is 4.85. The molecule has 1 aliphatic carbocycles. The Bertz CT molecular complexity index is 534. The van der Waals surface area contributed by atoms with E-state index in [-0.39, 0.29) is 0 Å². The van der Waals surface area contributed by atoms with Gasteiger partial charge in [-0.05, 0) is 37.3 Å². The average Bonchev–Trinajstić information content (AvgIpc) is 3.17. The molecule has 1 aromatic heterocycles. The number of nitrogens with one attached hydrogen (secondary N) is 1. The van der Waals surface area contributed by atoms with Gasteiger partial charge in [-0.15, -0.1) is 0 Å². The number of nitrogens with zero attached hydrogens (tertiary/aromatic N) is 1. The molecule has 17 heavy (non-hydrogen) atoms. The van der Waals surface area contributed by atoms with Crippen molar-refractivity contribution in [3.63, 3.8) is 0 Å². The zero-order valence-corrected chi connectivity index (χ0v) is 10.8. The second kappa shape index (κ2) is 4.22. The molecule has 0 spiro atoms. The highest BCUT2D eigenvalue weighted by Gasteiger charge is 2.41. The van der Waals surface area contributed by atoms with Crippen molar-refractivity contribution in [1.29, 1.82) is 0 Å². The number of hydrogen-bond acceptors (Lipinski definition) is 3. The van der Waals surface area contributed by atoms with Crippen molar-refractivity contribution >= 4 is 28.5 Å². The van der Waals surface area contributed by atoms with Crippen LogP contribution in [0.2, 0.25) is 0 Å². The summed E-state index contributed by atoms with van der Waals surface area (Å²) in [6.07, 6.45) is 4.85. The Morgan fingerprint density at radius 1 is 1.24 bits per heavy atom. The number of rotatable bonds is 4. The molecule has 1 fully saturated rings. The summed E-state index contributed by atoms with van der Waals surface area (Å²) in [7, 11) is 0. The van der Waals surface area contributed by atoms with E-state index >= 15 is 0 Å². The molecule has 1 heterocycles. The summed E-state index contributed by atoms with van der Waals surface area (Å²) >= 11 is 1.97. The topological polar surface area (TPSA) is 24.9 Å². The van der Waals surface area contributed by atoms with Crippen molar-refractivity contribution < 1.29 is 0 Å². The normalized spacial score (nSPS) is 17.0. The first-order chi connectivity index (χ1) is 8.31. The summed E-state index contributed by atoms with van der Waals surface area (Å²) in [6, 6.07) is 12.4. The monoisotopic (exact) mass is 244 g/mol. The molecule has 0 aliphatic heterocycles. The van der Waals surface area contributed by atoms with Crippen molar-refractivity contribution in [3.05, 3.63) is 36.4 Å². The highest BCUT2D eigenvalue weighted by molar-refractivity contribution is 8.00. The van der Waals surface area contributed by atoms with Crippen LogP contribution >= 0.6 is 11.8 Å². The molecule has 2 nitrogen and oxygen atoms in total. The number of aromatic nitrogens is 1. The molecule has 0 atom stereocenters. The van der Waals surface area contributed by atoms with Gasteiger partial charge in [0, 0.05) is 16.7 Å². The van der Waals surface area contributed by atoms with Crippen LogP contribution in [0.5, 0.6) is 0 Å². The lowest BCUT2D eigenvalue weighted by Gasteiger charge is -2.13. The second-order valence-electron chi connectivity index (χ2n) is 4.63. The molecule has 0 radical (unpaired) electrons. The summed E-state index contributed by atoms with van der Waals surface area (Å²) < 4.78 is 0.479. The lowest BCUT2D eigenvalue weighted by Crippen LogP contribution is -2.17. The third kappa shape index (κ3) is 2.25. The maximum Gasteiger partial charge on any atom is 0.126 e. The average molecular weight is 244 g/mol. The maximum atomic E-state index is 4.62. The van der Waals surface area contributed by atoms with E-state index in [1.165, 1.54) is 18.2 Å². The number of thioether (sulfide) groups is 1. The van der Waals surface area contributed by atoms with Crippen LogP contribution < -0.4 is 5.32 Å². The van der Waals surface area contributed by atoms with Gasteiger partial charge in [-0.3, -0.25) is 0 Å². The Balaban J connectivity index is 1.77. The molecule has 3 rings (SSSR count). The predicted octanol–water partition coefficient (Wildman–Crippen LogP) is 3.54. The van der Waals surface area contributed by atoms with Crippen LogP contribution in [-0.4, -0.2) is 22.5 Å². The fourth-order valence-electron chi connectivity index (χ4n) is 2.01. The molecule has 0 amide bonds. The first kappa shape index (κ1) is 10.9. The van der Waals surface area contributed by atoms with Crippen LogP contribution in [-0.2, 0) is 0 Å². The van der Waals surface area contributed by atoms with Gasteiger partial charge in [0.15, 0.2) is 0 Å². The SMILES string of the molecule is CSC1(CNc2ccc3ccccc3n2)CC1. The summed E-state index contributed by atoms with van der Waals surface area (Å²) in [5.74, 6) is 0.990. The Labute approximate surface area is 106 Å². The summed E-state index contributed by atoms with van der Waals surface area (Å²) in [5, 5.41) is 4.66. The van der Waals surface area contributed by atoms with Gasteiger partial charge in [0.05, 0.1) is 5.52 Å². The van der Waals surface area contributed by atoms with Gasteiger partial charge in [-0.2, -0.15) is 11.8 Å². The fraction of sp³-hybridized carbons (Fsp3) is 0.357. The van der Waals surface area contributed by atoms with Crippen LogP contribution in [0.4, 0.5) is 5.82 Å². The minimum absolute atomic E-state index is 0.479. The maximum absolute atomic E-state index is 4.62. The fourth-order valence-corrected chi connectivity index (χ4v) is 2.74. The van der Waals surface area contributed by atoms with Gasteiger partial charge in [-0.1, -0.05) is 18.2 Å². The minimum Gasteiger partial charge on any atom is -0.369 e. The standard InChI is InChI=1S/C14H16N2S/c1-17-14(8-9-14)10-15-13-7-6-11-4-2-3-5-12(11)16-13/h2-7H,8-10H2,1H3,(H,15,16). The molecule has 0 bridgehead atoms. The first-order valence-electron chi connectivity index (χ1n) is 5.96. The number of pyridine rings is 1. The van der Waals surface area contributed by atoms with Gasteiger partial charge >= 0.3 is 0 Å². The summed E-state index contributed by atoms with van der Waals surface area (Å²) in [4.78, 5) is 4.62. The molecule has 1 aliphatic rings. The van der Waals surface area contributed by atoms with Crippen LogP contribution in [0, 0.1) is 0 Å². The van der Waals surface area contributed by atoms with Crippen LogP contribution in [0.3, 0.4) is 0 Å². The quantitative estimate of drug-likeness (QED) is 0.890. The molecule has 0 saturated heterocycles. The van der Waals surface area contributed by atoms with E-state index < -0.39 is 0 Å². The largest absolute Gasteiger partial charge is 0.369 e. The number of benzene rings is 1. The van der Waals surface area contributed by atoms with Crippen molar-refractivity contribution in [2.75, 3.05) is 18.1 Å². The van der Waals surface area contributed by atoms with Crippen molar-refractivity contribution in [2.45, 2.75) is 17.6 Å². The third-order valence-electron chi connectivity index (χ3n) is 3.43. The van der Waals surface area contributed by atoms with E-state index in [4.69, 9.17) is 0 Å². The minimum atomic E-state index is 0.479. The smallest absolute Gasteiger partial charge is 0.126 e. The lowest BCUT2D eigenvalue weighted by molar-refractivity contribution is 0.942. The van der Waals surface area contributed by atoms with Crippen molar-refractivity contribution in [2.24, 2.45) is 0 Å². The first-order valence-corrected chi connectivity index (χ1v) is 7.19. The molecular weight excluding hydrogens is 228 g/mol. The Morgan fingerprint density at radius 3 is 2.82 bits per heavy atom. The van der Waals surface area contributed by atoms with E-state index in [2.05, 4.69) is 40.8 Å². The molecule has 3 heteroatoms. The van der Waals surface area contributed by atoms with Gasteiger partial charge in [0.1, 0.15) is 5.82 Å². The molecule has 88 valence electrons. The molecule has 2 aromatic rings. The van der Waals surface area contributed by atoms with E-state index in [1.54, 1.807) is 0 Å². The summed E-state index contributed by atoms with van der Waals surface area (Å²) in [6.45, 7) is 1.03. The van der Waals surface area contributed by atoms with Crippen LogP contribution in [0.1, 0.15) is 12.8 Å². The molecule has 1 aromatic carbocycles. The molecular formula is C14H16N2S. The van der Waals surface area contributed by atoms with E-state index in [0.717, 1.165) is 17.9 Å². The van der Waals surface area contributed by atoms with E-state index in [0.29, 0.717) is 4.75 Å². The molecule has 1 saturated carbocycles. The number of fused-ring (bicyclic) bond motifs is 1. The molecule has 0 unspecified atom stereocenters.